The second kappa shape index (κ2) is 11.0. The van der Waals surface area contributed by atoms with Gasteiger partial charge in [0.1, 0.15) is 11.5 Å². The number of hydrogen-bond acceptors (Lipinski definition) is 7. The molecular formula is C25H31N3O6S2. The summed E-state index contributed by atoms with van der Waals surface area (Å²) in [6.07, 6.45) is 5.02. The SMILES string of the molecule is CCOC(=O)c1c(NC(=O)CN(C(=O)N2CCCC2)S(=O)(=O)c2ccc(C)cc2)sc2c1CCCC2. The lowest BCUT2D eigenvalue weighted by Crippen LogP contribution is -2.48. The lowest BCUT2D eigenvalue weighted by Gasteiger charge is -2.27. The number of fused-ring (bicyclic) bond motifs is 1. The summed E-state index contributed by atoms with van der Waals surface area (Å²) in [5.74, 6) is -1.20. The van der Waals surface area contributed by atoms with Crippen LogP contribution in [-0.2, 0) is 32.4 Å². The summed E-state index contributed by atoms with van der Waals surface area (Å²) in [5.41, 5.74) is 2.10. The number of sulfonamides is 1. The van der Waals surface area contributed by atoms with E-state index in [1.54, 1.807) is 19.1 Å². The number of rotatable bonds is 7. The van der Waals surface area contributed by atoms with Crippen molar-refractivity contribution in [1.82, 2.24) is 9.21 Å². The molecule has 1 N–H and O–H groups in total. The van der Waals surface area contributed by atoms with Gasteiger partial charge in [0, 0.05) is 18.0 Å². The van der Waals surface area contributed by atoms with Crippen LogP contribution in [0.25, 0.3) is 0 Å². The summed E-state index contributed by atoms with van der Waals surface area (Å²) in [6.45, 7) is 3.92. The molecule has 36 heavy (non-hydrogen) atoms. The van der Waals surface area contributed by atoms with Crippen molar-refractivity contribution in [3.63, 3.8) is 0 Å². The van der Waals surface area contributed by atoms with Crippen LogP contribution in [0.15, 0.2) is 29.2 Å². The Morgan fingerprint density at radius 2 is 1.72 bits per heavy atom. The van der Waals surface area contributed by atoms with Crippen molar-refractivity contribution < 1.29 is 27.5 Å². The smallest absolute Gasteiger partial charge is 0.341 e. The lowest BCUT2D eigenvalue weighted by molar-refractivity contribution is -0.116. The molecule has 2 aliphatic rings. The number of nitrogens with zero attached hydrogens (tertiary/aromatic N) is 2. The van der Waals surface area contributed by atoms with E-state index in [0.717, 1.165) is 54.5 Å². The van der Waals surface area contributed by atoms with E-state index in [-0.39, 0.29) is 11.5 Å². The van der Waals surface area contributed by atoms with Gasteiger partial charge in [0.15, 0.2) is 0 Å². The number of anilines is 1. The molecule has 0 saturated carbocycles. The Kier molecular flexibility index (Phi) is 7.99. The first kappa shape index (κ1) is 26.2. The lowest BCUT2D eigenvalue weighted by atomic mass is 9.95. The van der Waals surface area contributed by atoms with Crippen molar-refractivity contribution in [1.29, 1.82) is 0 Å². The highest BCUT2D eigenvalue weighted by atomic mass is 32.2. The van der Waals surface area contributed by atoms with Crippen molar-refractivity contribution in [3.05, 3.63) is 45.8 Å². The number of carbonyl (C=O) groups is 3. The molecule has 0 atom stereocenters. The Hall–Kier alpha value is -2.92. The van der Waals surface area contributed by atoms with E-state index in [9.17, 15) is 22.8 Å². The molecule has 1 saturated heterocycles. The quantitative estimate of drug-likeness (QED) is 0.539. The van der Waals surface area contributed by atoms with Crippen LogP contribution < -0.4 is 5.32 Å². The number of carbonyl (C=O) groups excluding carboxylic acids is 3. The van der Waals surface area contributed by atoms with Crippen LogP contribution in [0.5, 0.6) is 0 Å². The molecule has 11 heteroatoms. The molecule has 1 aliphatic carbocycles. The van der Waals surface area contributed by atoms with Crippen LogP contribution in [0.3, 0.4) is 0 Å². The van der Waals surface area contributed by atoms with Gasteiger partial charge in [0.25, 0.3) is 10.0 Å². The summed E-state index contributed by atoms with van der Waals surface area (Å²) in [6, 6.07) is 5.43. The van der Waals surface area contributed by atoms with E-state index in [4.69, 9.17) is 4.74 Å². The Labute approximate surface area is 215 Å². The van der Waals surface area contributed by atoms with Crippen LogP contribution in [0.1, 0.15) is 59.0 Å². The summed E-state index contributed by atoms with van der Waals surface area (Å²) in [5, 5.41) is 3.06. The van der Waals surface area contributed by atoms with E-state index in [0.29, 0.717) is 28.0 Å². The fraction of sp³-hybridized carbons (Fsp3) is 0.480. The minimum Gasteiger partial charge on any atom is -0.462 e. The third-order valence-electron chi connectivity index (χ3n) is 6.39. The molecule has 4 rings (SSSR count). The normalized spacial score (nSPS) is 15.3. The predicted octanol–water partition coefficient (Wildman–Crippen LogP) is 3.96. The molecule has 2 heterocycles. The van der Waals surface area contributed by atoms with E-state index >= 15 is 0 Å². The van der Waals surface area contributed by atoms with Gasteiger partial charge < -0.3 is 15.0 Å². The topological polar surface area (TPSA) is 113 Å². The maximum Gasteiger partial charge on any atom is 0.341 e. The molecule has 1 aromatic carbocycles. The summed E-state index contributed by atoms with van der Waals surface area (Å²) in [4.78, 5) is 41.6. The van der Waals surface area contributed by atoms with Crippen LogP contribution in [0, 0.1) is 6.92 Å². The van der Waals surface area contributed by atoms with Gasteiger partial charge in [-0.25, -0.2) is 22.3 Å². The first-order chi connectivity index (χ1) is 17.2. The minimum absolute atomic E-state index is 0.0627. The van der Waals surface area contributed by atoms with Gasteiger partial charge >= 0.3 is 12.0 Å². The molecule has 3 amide bonds. The maximum atomic E-state index is 13.5. The first-order valence-electron chi connectivity index (χ1n) is 12.2. The molecule has 0 bridgehead atoms. The van der Waals surface area contributed by atoms with Gasteiger partial charge in [-0.15, -0.1) is 11.3 Å². The highest BCUT2D eigenvalue weighted by Crippen LogP contribution is 2.38. The highest BCUT2D eigenvalue weighted by molar-refractivity contribution is 7.89. The van der Waals surface area contributed by atoms with Gasteiger partial charge in [-0.2, -0.15) is 0 Å². The van der Waals surface area contributed by atoms with Crippen molar-refractivity contribution in [2.75, 3.05) is 31.6 Å². The Morgan fingerprint density at radius 1 is 1.06 bits per heavy atom. The van der Waals surface area contributed by atoms with Crippen LogP contribution >= 0.6 is 11.3 Å². The Balaban J connectivity index is 1.63. The van der Waals surface area contributed by atoms with E-state index < -0.39 is 34.5 Å². The molecule has 1 fully saturated rings. The maximum absolute atomic E-state index is 13.5. The minimum atomic E-state index is -4.29. The average molecular weight is 534 g/mol. The second-order valence-electron chi connectivity index (χ2n) is 8.99. The van der Waals surface area contributed by atoms with Crippen molar-refractivity contribution in [3.8, 4) is 0 Å². The number of amides is 3. The van der Waals surface area contributed by atoms with Crippen molar-refractivity contribution in [2.24, 2.45) is 0 Å². The van der Waals surface area contributed by atoms with Gasteiger partial charge in [-0.1, -0.05) is 17.7 Å². The standard InChI is InChI=1S/C25H31N3O6S2/c1-3-34-24(30)22-19-8-4-5-9-20(19)35-23(22)26-21(29)16-28(25(31)27-14-6-7-15-27)36(32,33)18-12-10-17(2)11-13-18/h10-13H,3-9,14-16H2,1-2H3,(H,26,29). The number of esters is 1. The van der Waals surface area contributed by atoms with E-state index in [2.05, 4.69) is 5.32 Å². The number of thiophene rings is 1. The number of urea groups is 1. The Morgan fingerprint density at radius 3 is 2.39 bits per heavy atom. The molecule has 9 nitrogen and oxygen atoms in total. The van der Waals surface area contributed by atoms with Crippen molar-refractivity contribution in [2.45, 2.75) is 57.3 Å². The molecule has 0 unspecified atom stereocenters. The number of aryl methyl sites for hydroxylation is 2. The fourth-order valence-electron chi connectivity index (χ4n) is 4.53. The predicted molar refractivity (Wildman–Crippen MR) is 137 cm³/mol. The zero-order valence-corrected chi connectivity index (χ0v) is 22.2. The molecular weight excluding hydrogens is 502 g/mol. The molecule has 1 aromatic heterocycles. The fourth-order valence-corrected chi connectivity index (χ4v) is 7.17. The van der Waals surface area contributed by atoms with Gasteiger partial charge in [0.05, 0.1) is 17.1 Å². The zero-order valence-electron chi connectivity index (χ0n) is 20.5. The van der Waals surface area contributed by atoms with Gasteiger partial charge in [-0.05, 0) is 70.1 Å². The Bertz CT molecular complexity index is 1250. The van der Waals surface area contributed by atoms with Crippen LogP contribution in [0.2, 0.25) is 0 Å². The monoisotopic (exact) mass is 533 g/mol. The third kappa shape index (κ3) is 5.41. The number of hydrogen-bond donors (Lipinski definition) is 1. The number of benzene rings is 1. The van der Waals surface area contributed by atoms with Crippen molar-refractivity contribution >= 4 is 44.3 Å². The summed E-state index contributed by atoms with van der Waals surface area (Å²) < 4.78 is 32.8. The average Bonchev–Trinajstić information content (AvgIpc) is 3.50. The van der Waals surface area contributed by atoms with E-state index in [1.165, 1.54) is 28.4 Å². The van der Waals surface area contributed by atoms with E-state index in [1.807, 2.05) is 6.92 Å². The number of ether oxygens (including phenoxy) is 1. The molecule has 0 radical (unpaired) electrons. The van der Waals surface area contributed by atoms with Crippen LogP contribution in [-0.4, -0.2) is 61.8 Å². The number of likely N-dealkylation sites (tertiary alicyclic amines) is 1. The summed E-state index contributed by atoms with van der Waals surface area (Å²) >= 11 is 1.31. The highest BCUT2D eigenvalue weighted by Gasteiger charge is 2.36. The first-order valence-corrected chi connectivity index (χ1v) is 14.5. The molecule has 1 aliphatic heterocycles. The van der Waals surface area contributed by atoms with Gasteiger partial charge in [0.2, 0.25) is 5.91 Å². The third-order valence-corrected chi connectivity index (χ3v) is 9.33. The number of nitrogens with one attached hydrogen (secondary N) is 1. The summed E-state index contributed by atoms with van der Waals surface area (Å²) in [7, 11) is -4.29. The second-order valence-corrected chi connectivity index (χ2v) is 12.0. The van der Waals surface area contributed by atoms with Gasteiger partial charge in [-0.3, -0.25) is 4.79 Å². The molecule has 2 aromatic rings. The molecule has 194 valence electrons. The zero-order chi connectivity index (χ0) is 25.9. The largest absolute Gasteiger partial charge is 0.462 e. The molecule has 0 spiro atoms. The van der Waals surface area contributed by atoms with Crippen LogP contribution in [0.4, 0.5) is 9.80 Å².